The Morgan fingerprint density at radius 1 is 1.24 bits per heavy atom. The normalized spacial score (nSPS) is 9.90. The number of hydrogen-bond acceptors (Lipinski definition) is 3. The van der Waals surface area contributed by atoms with Crippen molar-refractivity contribution >= 4 is 23.4 Å². The number of anilines is 1. The van der Waals surface area contributed by atoms with Crippen LogP contribution in [0.5, 0.6) is 0 Å². The predicted molar refractivity (Wildman–Crippen MR) is 86.3 cm³/mol. The molecule has 21 heavy (non-hydrogen) atoms. The third-order valence-corrected chi connectivity index (χ3v) is 3.86. The molecule has 0 radical (unpaired) electrons. The molecule has 2 aromatic carbocycles. The number of carbonyl (C=O) groups excluding carboxylic acids is 1. The first kappa shape index (κ1) is 15.1. The molecule has 0 fully saturated rings. The van der Waals surface area contributed by atoms with Crippen molar-refractivity contribution in [3.63, 3.8) is 0 Å². The standard InChI is InChI=1S/C17H16N2OS/c1-13-4-2-7-16(10-13)21-9-8-17(20)19-15-6-3-5-14(11-15)12-18/h2-7,10-11H,8-9H2,1H3,(H,19,20). The molecule has 0 heterocycles. The van der Waals surface area contributed by atoms with Crippen LogP contribution < -0.4 is 5.32 Å². The molecule has 0 aliphatic heterocycles. The molecule has 2 rings (SSSR count). The van der Waals surface area contributed by atoms with Gasteiger partial charge in [-0.25, -0.2) is 0 Å². The first-order chi connectivity index (χ1) is 10.2. The molecule has 4 heteroatoms. The molecular weight excluding hydrogens is 280 g/mol. The summed E-state index contributed by atoms with van der Waals surface area (Å²) in [5.41, 5.74) is 2.43. The van der Waals surface area contributed by atoms with Gasteiger partial charge in [-0.2, -0.15) is 5.26 Å². The number of amides is 1. The van der Waals surface area contributed by atoms with Crippen LogP contribution in [0.2, 0.25) is 0 Å². The topological polar surface area (TPSA) is 52.9 Å². The highest BCUT2D eigenvalue weighted by molar-refractivity contribution is 7.99. The predicted octanol–water partition coefficient (Wildman–Crippen LogP) is 3.99. The molecule has 3 nitrogen and oxygen atoms in total. The number of hydrogen-bond donors (Lipinski definition) is 1. The Hall–Kier alpha value is -2.25. The van der Waals surface area contributed by atoms with E-state index in [4.69, 9.17) is 5.26 Å². The third-order valence-electron chi connectivity index (χ3n) is 2.86. The van der Waals surface area contributed by atoms with Crippen molar-refractivity contribution < 1.29 is 4.79 Å². The largest absolute Gasteiger partial charge is 0.326 e. The number of nitrogens with zero attached hydrogens (tertiary/aromatic N) is 1. The third kappa shape index (κ3) is 4.97. The van der Waals surface area contributed by atoms with Gasteiger partial charge in [0.05, 0.1) is 11.6 Å². The lowest BCUT2D eigenvalue weighted by molar-refractivity contribution is -0.115. The number of thioether (sulfide) groups is 1. The average Bonchev–Trinajstić information content (AvgIpc) is 2.47. The van der Waals surface area contributed by atoms with E-state index < -0.39 is 0 Å². The van der Waals surface area contributed by atoms with Crippen molar-refractivity contribution in [1.29, 1.82) is 5.26 Å². The van der Waals surface area contributed by atoms with E-state index in [2.05, 4.69) is 30.4 Å². The highest BCUT2D eigenvalue weighted by atomic mass is 32.2. The first-order valence-electron chi connectivity index (χ1n) is 6.67. The van der Waals surface area contributed by atoms with Crippen LogP contribution in [0.15, 0.2) is 53.4 Å². The Kier molecular flexibility index (Phi) is 5.42. The molecule has 0 saturated carbocycles. The van der Waals surface area contributed by atoms with Gasteiger partial charge in [0.2, 0.25) is 5.91 Å². The maximum absolute atomic E-state index is 11.9. The summed E-state index contributed by atoms with van der Waals surface area (Å²) in [7, 11) is 0. The second kappa shape index (κ2) is 7.51. The minimum atomic E-state index is -0.0368. The van der Waals surface area contributed by atoms with Gasteiger partial charge in [-0.3, -0.25) is 4.79 Å². The van der Waals surface area contributed by atoms with Crippen molar-refractivity contribution in [2.75, 3.05) is 11.1 Å². The van der Waals surface area contributed by atoms with E-state index in [0.717, 1.165) is 5.75 Å². The van der Waals surface area contributed by atoms with E-state index in [0.29, 0.717) is 17.7 Å². The van der Waals surface area contributed by atoms with Crippen molar-refractivity contribution in [1.82, 2.24) is 0 Å². The lowest BCUT2D eigenvalue weighted by Crippen LogP contribution is -2.12. The number of rotatable bonds is 5. The fourth-order valence-electron chi connectivity index (χ4n) is 1.86. The van der Waals surface area contributed by atoms with Gasteiger partial charge in [0, 0.05) is 22.8 Å². The van der Waals surface area contributed by atoms with E-state index in [9.17, 15) is 4.79 Å². The highest BCUT2D eigenvalue weighted by Crippen LogP contribution is 2.20. The van der Waals surface area contributed by atoms with Crippen LogP contribution in [0, 0.1) is 18.3 Å². The van der Waals surface area contributed by atoms with Crippen LogP contribution in [0.4, 0.5) is 5.69 Å². The summed E-state index contributed by atoms with van der Waals surface area (Å²) in [5, 5.41) is 11.6. The van der Waals surface area contributed by atoms with Crippen LogP contribution in [-0.2, 0) is 4.79 Å². The summed E-state index contributed by atoms with van der Waals surface area (Å²) in [6.45, 7) is 2.05. The number of nitrogens with one attached hydrogen (secondary N) is 1. The van der Waals surface area contributed by atoms with Crippen molar-refractivity contribution in [2.45, 2.75) is 18.2 Å². The number of aryl methyl sites for hydroxylation is 1. The molecule has 0 spiro atoms. The molecule has 0 aliphatic carbocycles. The van der Waals surface area contributed by atoms with Crippen molar-refractivity contribution in [2.24, 2.45) is 0 Å². The van der Waals surface area contributed by atoms with E-state index in [1.807, 2.05) is 12.1 Å². The van der Waals surface area contributed by atoms with E-state index in [-0.39, 0.29) is 5.91 Å². The van der Waals surface area contributed by atoms with Gasteiger partial charge in [0.1, 0.15) is 0 Å². The van der Waals surface area contributed by atoms with Crippen molar-refractivity contribution in [3.8, 4) is 6.07 Å². The molecule has 0 bridgehead atoms. The van der Waals surface area contributed by atoms with Crippen LogP contribution in [0.3, 0.4) is 0 Å². The SMILES string of the molecule is Cc1cccc(SCCC(=O)Nc2cccc(C#N)c2)c1. The number of carbonyl (C=O) groups is 1. The zero-order valence-corrected chi connectivity index (χ0v) is 12.6. The van der Waals surface area contributed by atoms with Gasteiger partial charge >= 0.3 is 0 Å². The number of benzene rings is 2. The molecule has 2 aromatic rings. The second-order valence-corrected chi connectivity index (χ2v) is 5.82. The Bertz CT molecular complexity index is 676. The zero-order valence-electron chi connectivity index (χ0n) is 11.8. The summed E-state index contributed by atoms with van der Waals surface area (Å²) < 4.78 is 0. The van der Waals surface area contributed by atoms with Gasteiger partial charge in [0.25, 0.3) is 0 Å². The van der Waals surface area contributed by atoms with Crippen LogP contribution >= 0.6 is 11.8 Å². The molecule has 1 amide bonds. The molecule has 0 saturated heterocycles. The highest BCUT2D eigenvalue weighted by Gasteiger charge is 2.04. The van der Waals surface area contributed by atoms with E-state index >= 15 is 0 Å². The first-order valence-corrected chi connectivity index (χ1v) is 7.65. The summed E-state index contributed by atoms with van der Waals surface area (Å²) in [5.74, 6) is 0.693. The Morgan fingerprint density at radius 3 is 2.81 bits per heavy atom. The van der Waals surface area contributed by atoms with Crippen molar-refractivity contribution in [3.05, 3.63) is 59.7 Å². The zero-order chi connectivity index (χ0) is 15.1. The summed E-state index contributed by atoms with van der Waals surface area (Å²) in [6.07, 6.45) is 0.440. The minimum absolute atomic E-state index is 0.0368. The quantitative estimate of drug-likeness (QED) is 0.849. The van der Waals surface area contributed by atoms with Crippen LogP contribution in [0.25, 0.3) is 0 Å². The van der Waals surface area contributed by atoms with E-state index in [1.165, 1.54) is 10.5 Å². The van der Waals surface area contributed by atoms with Gasteiger partial charge < -0.3 is 5.32 Å². The number of nitriles is 1. The fourth-order valence-corrected chi connectivity index (χ4v) is 2.82. The Balaban J connectivity index is 1.81. The monoisotopic (exact) mass is 296 g/mol. The lowest BCUT2D eigenvalue weighted by Gasteiger charge is -2.06. The minimum Gasteiger partial charge on any atom is -0.326 e. The van der Waals surface area contributed by atoms with Crippen LogP contribution in [-0.4, -0.2) is 11.7 Å². The fraction of sp³-hybridized carbons (Fsp3) is 0.176. The summed E-state index contributed by atoms with van der Waals surface area (Å²) in [6, 6.07) is 17.2. The molecular formula is C17H16N2OS. The lowest BCUT2D eigenvalue weighted by atomic mass is 10.2. The molecule has 0 aromatic heterocycles. The van der Waals surface area contributed by atoms with Gasteiger partial charge in [-0.05, 0) is 37.3 Å². The molecule has 0 aliphatic rings. The Labute approximate surface area is 129 Å². The van der Waals surface area contributed by atoms with Gasteiger partial charge in [0.15, 0.2) is 0 Å². The molecule has 1 N–H and O–H groups in total. The second-order valence-electron chi connectivity index (χ2n) is 4.66. The Morgan fingerprint density at radius 2 is 2.05 bits per heavy atom. The van der Waals surface area contributed by atoms with Gasteiger partial charge in [-0.15, -0.1) is 11.8 Å². The maximum atomic E-state index is 11.9. The van der Waals surface area contributed by atoms with Gasteiger partial charge in [-0.1, -0.05) is 23.8 Å². The summed E-state index contributed by atoms with van der Waals surface area (Å²) in [4.78, 5) is 13.0. The van der Waals surface area contributed by atoms with Crippen LogP contribution in [0.1, 0.15) is 17.5 Å². The molecule has 0 atom stereocenters. The smallest absolute Gasteiger partial charge is 0.225 e. The average molecular weight is 296 g/mol. The summed E-state index contributed by atoms with van der Waals surface area (Å²) >= 11 is 1.67. The molecule has 106 valence electrons. The van der Waals surface area contributed by atoms with E-state index in [1.54, 1.807) is 36.0 Å². The molecule has 0 unspecified atom stereocenters. The maximum Gasteiger partial charge on any atom is 0.225 e.